The molecule has 0 atom stereocenters. The van der Waals surface area contributed by atoms with Crippen LogP contribution in [0, 0.1) is 5.41 Å². The summed E-state index contributed by atoms with van der Waals surface area (Å²) in [4.78, 5) is 0. The van der Waals surface area contributed by atoms with E-state index in [0.29, 0.717) is 0 Å². The normalized spacial score (nSPS) is 9.82. The van der Waals surface area contributed by atoms with Gasteiger partial charge in [-0.3, -0.25) is 0 Å². The van der Waals surface area contributed by atoms with Gasteiger partial charge in [-0.05, 0) is 0 Å². The summed E-state index contributed by atoms with van der Waals surface area (Å²) in [5, 5.41) is 34.0. The van der Waals surface area contributed by atoms with E-state index in [2.05, 4.69) is 0 Å². The van der Waals surface area contributed by atoms with Crippen LogP contribution >= 0.6 is 0 Å². The van der Waals surface area contributed by atoms with Crippen LogP contribution in [0.1, 0.15) is 0 Å². The van der Waals surface area contributed by atoms with Crippen molar-refractivity contribution in [2.24, 2.45) is 5.41 Å². The van der Waals surface area contributed by atoms with Gasteiger partial charge < -0.3 is 20.4 Å². The molecule has 0 aliphatic carbocycles. The van der Waals surface area contributed by atoms with Crippen molar-refractivity contribution in [2.45, 2.75) is 0 Å². The molecule has 60 valence electrons. The molecule has 0 amide bonds. The summed E-state index contributed by atoms with van der Waals surface area (Å²) in [6.07, 6.45) is 0. The van der Waals surface area contributed by atoms with Crippen molar-refractivity contribution in [3.05, 3.63) is 0 Å². The van der Waals surface area contributed by atoms with E-state index in [0.717, 1.165) is 0 Å². The molecule has 0 bridgehead atoms. The second kappa shape index (κ2) is 9.81. The summed E-state index contributed by atoms with van der Waals surface area (Å²) < 4.78 is 0. The van der Waals surface area contributed by atoms with Gasteiger partial charge in [0.05, 0.1) is 31.8 Å². The van der Waals surface area contributed by atoms with E-state index in [1.165, 1.54) is 0 Å². The predicted octanol–water partition coefficient (Wildman–Crippen LogP) is -2.44. The van der Waals surface area contributed by atoms with E-state index in [4.69, 9.17) is 20.4 Å². The molecule has 0 aromatic carbocycles. The van der Waals surface area contributed by atoms with Crippen LogP contribution in [-0.4, -0.2) is 84.6 Å². The molecule has 0 saturated heterocycles. The summed E-state index contributed by atoms with van der Waals surface area (Å²) in [6, 6.07) is 0. The van der Waals surface area contributed by atoms with Gasteiger partial charge in [0.2, 0.25) is 0 Å². The molecule has 0 saturated carbocycles. The Morgan fingerprint density at radius 3 is 0.909 bits per heavy atom. The van der Waals surface area contributed by atoms with Gasteiger partial charge in [-0.1, -0.05) is 0 Å². The molecule has 0 aromatic heterocycles. The number of hydrogen-bond acceptors (Lipinski definition) is 4. The first-order chi connectivity index (χ1) is 4.24. The fourth-order valence-corrected chi connectivity index (χ4v) is 0.300. The van der Waals surface area contributed by atoms with Crippen LogP contribution < -0.4 is 0 Å². The van der Waals surface area contributed by atoms with Crippen molar-refractivity contribution < 1.29 is 39.9 Å². The van der Waals surface area contributed by atoms with E-state index >= 15 is 0 Å². The van der Waals surface area contributed by atoms with E-state index in [-0.39, 0.29) is 57.2 Å². The van der Waals surface area contributed by atoms with Gasteiger partial charge in [-0.15, -0.1) is 0 Å². The van der Waals surface area contributed by atoms with Crippen LogP contribution in [0.2, 0.25) is 0 Å². The summed E-state index contributed by atoms with van der Waals surface area (Å²) in [5.41, 5.74) is -1.11. The minimum absolute atomic E-state index is 0. The average molecular weight is 242 g/mol. The predicted molar refractivity (Wildman–Crippen MR) is 36.5 cm³/mol. The van der Waals surface area contributed by atoms with Gasteiger partial charge >= 0.3 is 0 Å². The maximum atomic E-state index is 8.50. The van der Waals surface area contributed by atoms with Gasteiger partial charge in [0, 0.05) is 57.2 Å². The smallest absolute Gasteiger partial charge is 0.0627 e. The van der Waals surface area contributed by atoms with Crippen molar-refractivity contribution in [1.82, 2.24) is 0 Å². The standard InChI is InChI=1S/C5H12O4.Ca.Zn/c6-1-5(2-7,3-8)4-9;;/h6-9H,1-4H2;;. The third kappa shape index (κ3) is 5.89. The van der Waals surface area contributed by atoms with Crippen LogP contribution in [0.5, 0.6) is 0 Å². The monoisotopic (exact) mass is 240 g/mol. The summed E-state index contributed by atoms with van der Waals surface area (Å²) >= 11 is 0. The van der Waals surface area contributed by atoms with E-state index in [1.54, 1.807) is 0 Å². The third-order valence-corrected chi connectivity index (χ3v) is 1.34. The molecule has 4 nitrogen and oxygen atoms in total. The van der Waals surface area contributed by atoms with Crippen molar-refractivity contribution in [1.29, 1.82) is 0 Å². The van der Waals surface area contributed by atoms with Crippen LogP contribution in [-0.2, 0) is 19.5 Å². The first kappa shape index (κ1) is 18.5. The first-order valence-electron chi connectivity index (χ1n) is 2.68. The van der Waals surface area contributed by atoms with E-state index < -0.39 is 31.8 Å². The number of rotatable bonds is 4. The van der Waals surface area contributed by atoms with Gasteiger partial charge in [-0.25, -0.2) is 0 Å². The molecule has 0 aromatic rings. The van der Waals surface area contributed by atoms with Crippen LogP contribution in [0.25, 0.3) is 0 Å². The Morgan fingerprint density at radius 1 is 0.727 bits per heavy atom. The van der Waals surface area contributed by atoms with Crippen molar-refractivity contribution >= 4 is 37.7 Å². The molecular weight excluding hydrogens is 230 g/mol. The van der Waals surface area contributed by atoms with Crippen LogP contribution in [0.15, 0.2) is 0 Å². The van der Waals surface area contributed by atoms with Gasteiger partial charge in [-0.2, -0.15) is 0 Å². The molecule has 0 heterocycles. The average Bonchev–Trinajstić information content (AvgIpc) is 1.95. The van der Waals surface area contributed by atoms with Crippen molar-refractivity contribution in [3.8, 4) is 0 Å². The molecule has 2 radical (unpaired) electrons. The Hall–Kier alpha value is 1.72. The fraction of sp³-hybridized carbons (Fsp3) is 1.00. The second-order valence-electron chi connectivity index (χ2n) is 2.13. The van der Waals surface area contributed by atoms with E-state index in [9.17, 15) is 0 Å². The Balaban J connectivity index is -0.000000320. The number of aliphatic hydroxyl groups is 4. The molecular formula is C5H12CaO4Zn. The maximum Gasteiger partial charge on any atom is 0.0627 e. The number of aliphatic hydroxyl groups excluding tert-OH is 4. The van der Waals surface area contributed by atoms with Gasteiger partial charge in [0.1, 0.15) is 0 Å². The van der Waals surface area contributed by atoms with Gasteiger partial charge in [0.25, 0.3) is 0 Å². The van der Waals surface area contributed by atoms with Crippen LogP contribution in [0.3, 0.4) is 0 Å². The Morgan fingerprint density at radius 2 is 0.909 bits per heavy atom. The SMILES string of the molecule is OCC(CO)(CO)CO.[Ca].[Zn]. The largest absolute Gasteiger partial charge is 0.396 e. The molecule has 0 aliphatic heterocycles. The molecule has 0 unspecified atom stereocenters. The zero-order chi connectivity index (χ0) is 7.33. The van der Waals surface area contributed by atoms with Crippen molar-refractivity contribution in [3.63, 3.8) is 0 Å². The molecule has 6 heteroatoms. The Bertz CT molecular complexity index is 61.4. The topological polar surface area (TPSA) is 80.9 Å². The number of hydrogen-bond donors (Lipinski definition) is 4. The minimum Gasteiger partial charge on any atom is -0.396 e. The van der Waals surface area contributed by atoms with E-state index in [1.807, 2.05) is 0 Å². The quantitative estimate of drug-likeness (QED) is 0.412. The summed E-state index contributed by atoms with van der Waals surface area (Å²) in [5.74, 6) is 0. The molecule has 0 fully saturated rings. The zero-order valence-electron chi connectivity index (χ0n) is 6.53. The third-order valence-electron chi connectivity index (χ3n) is 1.34. The molecule has 4 N–H and O–H groups in total. The van der Waals surface area contributed by atoms with Gasteiger partial charge in [0.15, 0.2) is 0 Å². The maximum absolute atomic E-state index is 8.50. The van der Waals surface area contributed by atoms with Crippen LogP contribution in [0.4, 0.5) is 0 Å². The summed E-state index contributed by atoms with van der Waals surface area (Å²) in [6.45, 7) is -1.62. The zero-order valence-corrected chi connectivity index (χ0v) is 11.7. The molecule has 0 aliphatic rings. The molecule has 11 heavy (non-hydrogen) atoms. The minimum atomic E-state index is -1.11. The Labute approximate surface area is 108 Å². The second-order valence-corrected chi connectivity index (χ2v) is 2.13. The Kier molecular flexibility index (Phi) is 16.5. The first-order valence-corrected chi connectivity index (χ1v) is 2.68. The summed E-state index contributed by atoms with van der Waals surface area (Å²) in [7, 11) is 0. The van der Waals surface area contributed by atoms with Crippen molar-refractivity contribution in [2.75, 3.05) is 26.4 Å². The fourth-order valence-electron chi connectivity index (χ4n) is 0.300. The molecule has 0 spiro atoms. The molecule has 0 rings (SSSR count).